The lowest BCUT2D eigenvalue weighted by Crippen LogP contribution is -2.28. The Morgan fingerprint density at radius 1 is 1.27 bits per heavy atom. The number of aromatic nitrogens is 3. The molecule has 2 N–H and O–H groups in total. The van der Waals surface area contributed by atoms with Crippen LogP contribution in [-0.2, 0) is 19.5 Å². The summed E-state index contributed by atoms with van der Waals surface area (Å²) >= 11 is 1.56. The number of aryl methyl sites for hydroxylation is 2. The Labute approximate surface area is 157 Å². The fourth-order valence-electron chi connectivity index (χ4n) is 2.81. The van der Waals surface area contributed by atoms with Gasteiger partial charge in [-0.15, -0.1) is 11.3 Å². The number of carbonyl (C=O) groups is 1. The number of thiazole rings is 1. The molecule has 0 bridgehead atoms. The van der Waals surface area contributed by atoms with E-state index in [1.54, 1.807) is 11.3 Å². The van der Waals surface area contributed by atoms with Crippen LogP contribution in [0.5, 0.6) is 0 Å². The van der Waals surface area contributed by atoms with Crippen molar-refractivity contribution < 1.29 is 4.79 Å². The quantitative estimate of drug-likeness (QED) is 0.695. The lowest BCUT2D eigenvalue weighted by atomic mass is 10.2. The van der Waals surface area contributed by atoms with Gasteiger partial charge < -0.3 is 20.1 Å². The van der Waals surface area contributed by atoms with Crippen molar-refractivity contribution in [2.75, 3.05) is 24.3 Å². The van der Waals surface area contributed by atoms with Crippen LogP contribution in [0.2, 0.25) is 0 Å². The number of anilines is 2. The molecule has 2 aromatic heterocycles. The molecular formula is C18H24N6OS. The van der Waals surface area contributed by atoms with Gasteiger partial charge in [0.1, 0.15) is 5.82 Å². The van der Waals surface area contributed by atoms with Crippen LogP contribution in [0.25, 0.3) is 11.0 Å². The zero-order valence-electron chi connectivity index (χ0n) is 15.5. The number of rotatable bonds is 6. The largest absolute Gasteiger partial charge is 0.354 e. The van der Waals surface area contributed by atoms with Crippen LogP contribution in [0, 0.1) is 0 Å². The number of benzene rings is 1. The lowest BCUT2D eigenvalue weighted by Gasteiger charge is -2.08. The van der Waals surface area contributed by atoms with Gasteiger partial charge >= 0.3 is 6.03 Å². The molecule has 0 aliphatic carbocycles. The molecule has 0 fully saturated rings. The van der Waals surface area contributed by atoms with Gasteiger partial charge in [-0.3, -0.25) is 0 Å². The van der Waals surface area contributed by atoms with Crippen LogP contribution in [0.15, 0.2) is 23.6 Å². The Bertz CT molecular complexity index is 914. The number of hydrogen-bond acceptors (Lipinski definition) is 5. The van der Waals surface area contributed by atoms with Gasteiger partial charge in [0.15, 0.2) is 5.13 Å². The molecular weight excluding hydrogens is 348 g/mol. The van der Waals surface area contributed by atoms with Gasteiger partial charge in [0, 0.05) is 38.1 Å². The number of amides is 2. The number of nitrogens with zero attached hydrogens (tertiary/aromatic N) is 4. The summed E-state index contributed by atoms with van der Waals surface area (Å²) in [7, 11) is 3.89. The third kappa shape index (κ3) is 3.80. The molecule has 0 spiro atoms. The monoisotopic (exact) mass is 372 g/mol. The summed E-state index contributed by atoms with van der Waals surface area (Å²) in [6, 6.07) is 5.56. The molecule has 3 rings (SSSR count). The molecule has 2 heterocycles. The fourth-order valence-corrected chi connectivity index (χ4v) is 3.57. The summed E-state index contributed by atoms with van der Waals surface area (Å²) in [4.78, 5) is 23.2. The Morgan fingerprint density at radius 3 is 2.73 bits per heavy atom. The van der Waals surface area contributed by atoms with E-state index in [9.17, 15) is 4.79 Å². The van der Waals surface area contributed by atoms with Gasteiger partial charge in [0.2, 0.25) is 0 Å². The van der Waals surface area contributed by atoms with Gasteiger partial charge in [-0.2, -0.15) is 0 Å². The van der Waals surface area contributed by atoms with Crippen LogP contribution < -0.4 is 15.5 Å². The molecule has 8 heteroatoms. The SMILES string of the molecule is CCc1nc2cc(NC(=O)NCc3csc(N(C)C)n3)ccc2n1CC. The second-order valence-electron chi connectivity index (χ2n) is 6.15. The Hall–Kier alpha value is -2.61. The number of carbonyl (C=O) groups excluding carboxylic acids is 1. The van der Waals surface area contributed by atoms with E-state index in [4.69, 9.17) is 0 Å². The molecule has 0 radical (unpaired) electrons. The van der Waals surface area contributed by atoms with Crippen LogP contribution in [0.3, 0.4) is 0 Å². The number of fused-ring (bicyclic) bond motifs is 1. The van der Waals surface area contributed by atoms with Crippen molar-refractivity contribution >= 4 is 39.2 Å². The molecule has 0 aliphatic heterocycles. The molecule has 1 aromatic carbocycles. The van der Waals surface area contributed by atoms with Gasteiger partial charge in [-0.1, -0.05) is 6.92 Å². The fraction of sp³-hybridized carbons (Fsp3) is 0.389. The van der Waals surface area contributed by atoms with Gasteiger partial charge in [0.25, 0.3) is 0 Å². The van der Waals surface area contributed by atoms with Crippen molar-refractivity contribution in [3.05, 3.63) is 35.1 Å². The highest BCUT2D eigenvalue weighted by Gasteiger charge is 2.10. The summed E-state index contributed by atoms with van der Waals surface area (Å²) in [5, 5.41) is 8.57. The van der Waals surface area contributed by atoms with E-state index in [2.05, 4.69) is 39.0 Å². The smallest absolute Gasteiger partial charge is 0.319 e. The van der Waals surface area contributed by atoms with Crippen LogP contribution >= 0.6 is 11.3 Å². The van der Waals surface area contributed by atoms with E-state index in [1.165, 1.54) is 0 Å². The first-order valence-electron chi connectivity index (χ1n) is 8.67. The summed E-state index contributed by atoms with van der Waals surface area (Å²) in [5.41, 5.74) is 3.56. The topological polar surface area (TPSA) is 75.1 Å². The summed E-state index contributed by atoms with van der Waals surface area (Å²) in [6.45, 7) is 5.48. The molecule has 2 amide bonds. The second kappa shape index (κ2) is 7.74. The van der Waals surface area contributed by atoms with Crippen LogP contribution in [-0.4, -0.2) is 34.7 Å². The zero-order valence-corrected chi connectivity index (χ0v) is 16.4. The molecule has 0 atom stereocenters. The molecule has 0 aliphatic rings. The average molecular weight is 372 g/mol. The number of imidazole rings is 1. The number of nitrogens with one attached hydrogen (secondary N) is 2. The van der Waals surface area contributed by atoms with Crippen molar-refractivity contribution in [2.45, 2.75) is 33.4 Å². The van der Waals surface area contributed by atoms with Crippen molar-refractivity contribution in [1.29, 1.82) is 0 Å². The maximum atomic E-state index is 12.2. The average Bonchev–Trinajstić information content (AvgIpc) is 3.23. The normalized spacial score (nSPS) is 10.9. The predicted octanol–water partition coefficient (Wildman–Crippen LogP) is 3.46. The first-order chi connectivity index (χ1) is 12.5. The van der Waals surface area contributed by atoms with E-state index in [0.717, 1.165) is 46.3 Å². The number of hydrogen-bond donors (Lipinski definition) is 2. The van der Waals surface area contributed by atoms with E-state index in [-0.39, 0.29) is 6.03 Å². The predicted molar refractivity (Wildman–Crippen MR) is 107 cm³/mol. The molecule has 138 valence electrons. The van der Waals surface area contributed by atoms with E-state index in [0.29, 0.717) is 6.54 Å². The van der Waals surface area contributed by atoms with E-state index in [1.807, 2.05) is 42.6 Å². The lowest BCUT2D eigenvalue weighted by molar-refractivity contribution is 0.251. The third-order valence-corrected chi connectivity index (χ3v) is 5.13. The molecule has 0 saturated heterocycles. The highest BCUT2D eigenvalue weighted by atomic mass is 32.1. The van der Waals surface area contributed by atoms with Crippen molar-refractivity contribution in [2.24, 2.45) is 0 Å². The Balaban J connectivity index is 1.65. The summed E-state index contributed by atoms with van der Waals surface area (Å²) in [5.74, 6) is 1.06. The van der Waals surface area contributed by atoms with Gasteiger partial charge in [-0.05, 0) is 25.1 Å². The molecule has 26 heavy (non-hydrogen) atoms. The van der Waals surface area contributed by atoms with Crippen molar-refractivity contribution in [3.63, 3.8) is 0 Å². The first kappa shape index (κ1) is 18.2. The Morgan fingerprint density at radius 2 is 2.08 bits per heavy atom. The van der Waals surface area contributed by atoms with Crippen molar-refractivity contribution in [1.82, 2.24) is 19.9 Å². The van der Waals surface area contributed by atoms with Crippen LogP contribution in [0.4, 0.5) is 15.6 Å². The van der Waals surface area contributed by atoms with E-state index < -0.39 is 0 Å². The molecule has 7 nitrogen and oxygen atoms in total. The Kier molecular flexibility index (Phi) is 5.41. The standard InChI is InChI=1S/C18H24N6OS/c1-5-16-22-14-9-12(7-8-15(14)24(16)6-2)20-17(25)19-10-13-11-26-18(21-13)23(3)4/h7-9,11H,5-6,10H2,1-4H3,(H2,19,20,25). The molecule has 3 aromatic rings. The van der Waals surface area contributed by atoms with Crippen LogP contribution in [0.1, 0.15) is 25.4 Å². The van der Waals surface area contributed by atoms with E-state index >= 15 is 0 Å². The number of urea groups is 1. The second-order valence-corrected chi connectivity index (χ2v) is 6.99. The minimum Gasteiger partial charge on any atom is -0.354 e. The highest BCUT2D eigenvalue weighted by molar-refractivity contribution is 7.13. The third-order valence-electron chi connectivity index (χ3n) is 4.07. The molecule has 0 saturated carbocycles. The highest BCUT2D eigenvalue weighted by Crippen LogP contribution is 2.21. The summed E-state index contributed by atoms with van der Waals surface area (Å²) < 4.78 is 2.20. The first-order valence-corrected chi connectivity index (χ1v) is 9.55. The van der Waals surface area contributed by atoms with Crippen molar-refractivity contribution in [3.8, 4) is 0 Å². The van der Waals surface area contributed by atoms with Gasteiger partial charge in [0.05, 0.1) is 23.3 Å². The summed E-state index contributed by atoms with van der Waals surface area (Å²) in [6.07, 6.45) is 0.883. The maximum absolute atomic E-state index is 12.2. The van der Waals surface area contributed by atoms with Gasteiger partial charge in [-0.25, -0.2) is 14.8 Å². The maximum Gasteiger partial charge on any atom is 0.319 e. The zero-order chi connectivity index (χ0) is 18.7. The molecule has 0 unspecified atom stereocenters. The minimum absolute atomic E-state index is 0.255. The minimum atomic E-state index is -0.255.